The normalized spacial score (nSPS) is 10.7. The molecule has 0 saturated carbocycles. The Hall–Kier alpha value is -3.73. The molecule has 138 valence electrons. The second kappa shape index (κ2) is 7.88. The molecule has 0 bridgehead atoms. The van der Waals surface area contributed by atoms with Gasteiger partial charge in [0, 0.05) is 10.9 Å². The summed E-state index contributed by atoms with van der Waals surface area (Å²) in [6, 6.07) is 24.5. The van der Waals surface area contributed by atoms with E-state index in [0.717, 1.165) is 11.1 Å². The van der Waals surface area contributed by atoms with E-state index in [-0.39, 0.29) is 17.8 Å². The average molecular weight is 370 g/mol. The van der Waals surface area contributed by atoms with Crippen molar-refractivity contribution in [3.05, 3.63) is 95.3 Å². The number of ether oxygens (including phenoxy) is 1. The highest BCUT2D eigenvalue weighted by molar-refractivity contribution is 5.79. The van der Waals surface area contributed by atoms with E-state index in [1.807, 2.05) is 66.7 Å². The number of fused-ring (bicyclic) bond motifs is 1. The molecular formula is C23H18N2O3. The number of para-hydroxylation sites is 2. The van der Waals surface area contributed by atoms with Crippen LogP contribution >= 0.6 is 0 Å². The number of aromatic nitrogens is 2. The smallest absolute Gasteiger partial charge is 0.313 e. The van der Waals surface area contributed by atoms with Crippen molar-refractivity contribution in [1.29, 1.82) is 0 Å². The van der Waals surface area contributed by atoms with E-state index in [1.165, 1.54) is 6.20 Å². The maximum Gasteiger partial charge on any atom is 0.313 e. The van der Waals surface area contributed by atoms with Crippen molar-refractivity contribution in [3.8, 4) is 16.9 Å². The van der Waals surface area contributed by atoms with Crippen LogP contribution in [0.1, 0.15) is 6.42 Å². The molecular weight excluding hydrogens is 352 g/mol. The molecule has 0 spiro atoms. The average Bonchev–Trinajstić information content (AvgIpc) is 2.74. The lowest BCUT2D eigenvalue weighted by atomic mass is 10.1. The van der Waals surface area contributed by atoms with Crippen LogP contribution < -0.4 is 10.2 Å². The molecule has 5 nitrogen and oxygen atoms in total. The summed E-state index contributed by atoms with van der Waals surface area (Å²) in [4.78, 5) is 24.4. The van der Waals surface area contributed by atoms with Gasteiger partial charge in [0.2, 0.25) is 5.43 Å². The Morgan fingerprint density at radius 3 is 2.46 bits per heavy atom. The minimum Gasteiger partial charge on any atom is -0.426 e. The Labute approximate surface area is 161 Å². The van der Waals surface area contributed by atoms with Gasteiger partial charge in [0.05, 0.1) is 24.7 Å². The lowest BCUT2D eigenvalue weighted by molar-refractivity contribution is -0.134. The maximum absolute atomic E-state index is 12.4. The fraction of sp³-hybridized carbons (Fsp3) is 0.0870. The van der Waals surface area contributed by atoms with Crippen molar-refractivity contribution >= 4 is 16.9 Å². The summed E-state index contributed by atoms with van der Waals surface area (Å²) < 4.78 is 7.27. The standard InChI is InChI=1S/C23H18N2O3/c26-21-16-24-25(20-12-6-4-11-19(20)21)15-14-23(27)28-22-13-7-5-10-18(22)17-8-2-1-3-9-17/h1-13,16H,14-15H2. The third kappa shape index (κ3) is 3.69. The minimum atomic E-state index is -0.354. The van der Waals surface area contributed by atoms with Crippen LogP contribution in [-0.2, 0) is 11.3 Å². The van der Waals surface area contributed by atoms with Gasteiger partial charge in [0.25, 0.3) is 0 Å². The Kier molecular flexibility index (Phi) is 4.97. The molecule has 0 aliphatic heterocycles. The number of hydrogen-bond donors (Lipinski definition) is 0. The molecule has 0 aliphatic rings. The van der Waals surface area contributed by atoms with E-state index >= 15 is 0 Å². The van der Waals surface area contributed by atoms with Gasteiger partial charge in [0.1, 0.15) is 5.75 Å². The van der Waals surface area contributed by atoms with Gasteiger partial charge in [-0.2, -0.15) is 5.10 Å². The number of esters is 1. The third-order valence-corrected chi connectivity index (χ3v) is 4.49. The van der Waals surface area contributed by atoms with Gasteiger partial charge in [-0.1, -0.05) is 60.7 Å². The Morgan fingerprint density at radius 2 is 1.61 bits per heavy atom. The van der Waals surface area contributed by atoms with E-state index < -0.39 is 0 Å². The van der Waals surface area contributed by atoms with Crippen LogP contribution in [0.4, 0.5) is 0 Å². The maximum atomic E-state index is 12.4. The molecule has 0 radical (unpaired) electrons. The molecule has 0 aliphatic carbocycles. The zero-order chi connectivity index (χ0) is 19.3. The van der Waals surface area contributed by atoms with Crippen molar-refractivity contribution in [2.45, 2.75) is 13.0 Å². The summed E-state index contributed by atoms with van der Waals surface area (Å²) in [6.45, 7) is 0.327. The first-order valence-corrected chi connectivity index (χ1v) is 9.02. The van der Waals surface area contributed by atoms with E-state index in [4.69, 9.17) is 4.74 Å². The molecule has 1 heterocycles. The highest BCUT2D eigenvalue weighted by Crippen LogP contribution is 2.29. The highest BCUT2D eigenvalue weighted by Gasteiger charge is 2.12. The van der Waals surface area contributed by atoms with E-state index in [2.05, 4.69) is 5.10 Å². The monoisotopic (exact) mass is 370 g/mol. The quantitative estimate of drug-likeness (QED) is 0.393. The molecule has 0 saturated heterocycles. The molecule has 5 heteroatoms. The molecule has 0 N–H and O–H groups in total. The molecule has 0 unspecified atom stereocenters. The molecule has 0 fully saturated rings. The molecule has 1 aromatic heterocycles. The summed E-state index contributed by atoms with van der Waals surface area (Å²) in [5, 5.41) is 4.73. The van der Waals surface area contributed by atoms with Gasteiger partial charge in [-0.25, -0.2) is 0 Å². The number of carbonyl (C=O) groups is 1. The second-order valence-corrected chi connectivity index (χ2v) is 6.34. The summed E-state index contributed by atoms with van der Waals surface area (Å²) in [6.07, 6.45) is 1.42. The molecule has 0 amide bonds. The number of carbonyl (C=O) groups excluding carboxylic acids is 1. The van der Waals surface area contributed by atoms with E-state index in [9.17, 15) is 9.59 Å². The zero-order valence-corrected chi connectivity index (χ0v) is 15.1. The Morgan fingerprint density at radius 1 is 0.893 bits per heavy atom. The summed E-state index contributed by atoms with van der Waals surface area (Å²) in [5.74, 6) is 0.171. The first kappa shape index (κ1) is 17.7. The fourth-order valence-corrected chi connectivity index (χ4v) is 3.12. The van der Waals surface area contributed by atoms with Crippen LogP contribution in [0.5, 0.6) is 5.75 Å². The van der Waals surface area contributed by atoms with Crippen LogP contribution in [0.3, 0.4) is 0 Å². The number of nitrogens with zero attached hydrogens (tertiary/aromatic N) is 2. The number of rotatable bonds is 5. The van der Waals surface area contributed by atoms with Gasteiger partial charge in [-0.05, 0) is 23.8 Å². The molecule has 0 atom stereocenters. The van der Waals surface area contributed by atoms with Crippen LogP contribution in [0.15, 0.2) is 89.9 Å². The topological polar surface area (TPSA) is 61.2 Å². The SMILES string of the molecule is O=C(CCn1ncc(=O)c2ccccc21)Oc1ccccc1-c1ccccc1. The van der Waals surface area contributed by atoms with Crippen LogP contribution in [0, 0.1) is 0 Å². The summed E-state index contributed by atoms with van der Waals surface area (Å²) in [5.41, 5.74) is 2.42. The molecule has 3 aromatic carbocycles. The van der Waals surface area contributed by atoms with Gasteiger partial charge < -0.3 is 4.74 Å². The lowest BCUT2D eigenvalue weighted by Crippen LogP contribution is -2.16. The van der Waals surface area contributed by atoms with E-state index in [1.54, 1.807) is 16.8 Å². The van der Waals surface area contributed by atoms with Crippen molar-refractivity contribution < 1.29 is 9.53 Å². The highest BCUT2D eigenvalue weighted by atomic mass is 16.5. The number of aryl methyl sites for hydroxylation is 1. The van der Waals surface area contributed by atoms with Gasteiger partial charge in [-0.15, -0.1) is 0 Å². The summed E-state index contributed by atoms with van der Waals surface area (Å²) >= 11 is 0. The number of benzene rings is 3. The van der Waals surface area contributed by atoms with Crippen molar-refractivity contribution in [2.24, 2.45) is 0 Å². The van der Waals surface area contributed by atoms with Gasteiger partial charge >= 0.3 is 5.97 Å². The number of hydrogen-bond acceptors (Lipinski definition) is 4. The third-order valence-electron chi connectivity index (χ3n) is 4.49. The fourth-order valence-electron chi connectivity index (χ4n) is 3.12. The second-order valence-electron chi connectivity index (χ2n) is 6.34. The molecule has 28 heavy (non-hydrogen) atoms. The first-order chi connectivity index (χ1) is 13.7. The molecule has 4 rings (SSSR count). The van der Waals surface area contributed by atoms with Crippen LogP contribution in [-0.4, -0.2) is 15.7 Å². The zero-order valence-electron chi connectivity index (χ0n) is 15.1. The van der Waals surface area contributed by atoms with E-state index in [0.29, 0.717) is 23.2 Å². The Balaban J connectivity index is 1.51. The first-order valence-electron chi connectivity index (χ1n) is 9.02. The predicted octanol–water partition coefficient (Wildman–Crippen LogP) is 4.06. The van der Waals surface area contributed by atoms with Gasteiger partial charge in [0.15, 0.2) is 0 Å². The van der Waals surface area contributed by atoms with Crippen LogP contribution in [0.2, 0.25) is 0 Å². The minimum absolute atomic E-state index is 0.133. The largest absolute Gasteiger partial charge is 0.426 e. The Bertz CT molecular complexity index is 1180. The van der Waals surface area contributed by atoms with Crippen molar-refractivity contribution in [2.75, 3.05) is 0 Å². The predicted molar refractivity (Wildman–Crippen MR) is 108 cm³/mol. The van der Waals surface area contributed by atoms with Gasteiger partial charge in [-0.3, -0.25) is 14.3 Å². The van der Waals surface area contributed by atoms with Crippen molar-refractivity contribution in [1.82, 2.24) is 9.78 Å². The molecule has 4 aromatic rings. The van der Waals surface area contributed by atoms with Crippen LogP contribution in [0.25, 0.3) is 22.0 Å². The summed E-state index contributed by atoms with van der Waals surface area (Å²) in [7, 11) is 0. The lowest BCUT2D eigenvalue weighted by Gasteiger charge is -2.11. The van der Waals surface area contributed by atoms with Crippen molar-refractivity contribution in [3.63, 3.8) is 0 Å².